The van der Waals surface area contributed by atoms with Gasteiger partial charge >= 0.3 is 0 Å². The van der Waals surface area contributed by atoms with Crippen LogP contribution in [0.25, 0.3) is 0 Å². The molecule has 2 bridgehead atoms. The summed E-state index contributed by atoms with van der Waals surface area (Å²) in [6.45, 7) is 4.48. The summed E-state index contributed by atoms with van der Waals surface area (Å²) in [6.07, 6.45) is 8.53. The Hall–Kier alpha value is 0.220. The van der Waals surface area contributed by atoms with Crippen molar-refractivity contribution in [3.8, 4) is 0 Å². The van der Waals surface area contributed by atoms with Gasteiger partial charge in [-0.25, -0.2) is 0 Å². The fourth-order valence-electron chi connectivity index (χ4n) is 2.97. The molecule has 0 N–H and O–H groups in total. The molecule has 0 radical (unpaired) electrons. The van der Waals surface area contributed by atoms with Gasteiger partial charge in [-0.05, 0) is 50.9 Å². The first kappa shape index (κ1) is 9.76. The van der Waals surface area contributed by atoms with Crippen LogP contribution in [-0.2, 0) is 0 Å². The highest BCUT2D eigenvalue weighted by Gasteiger charge is 2.38. The van der Waals surface area contributed by atoms with Crippen LogP contribution in [0.15, 0.2) is 11.6 Å². The molecule has 0 nitrogen and oxygen atoms in total. The maximum Gasteiger partial charge on any atom is 0.0323 e. The fraction of sp³-hybridized carbons (Fsp3) is 0.833. The van der Waals surface area contributed by atoms with E-state index in [2.05, 4.69) is 35.9 Å². The molecule has 0 saturated heterocycles. The van der Waals surface area contributed by atoms with Gasteiger partial charge in [0.25, 0.3) is 0 Å². The van der Waals surface area contributed by atoms with E-state index in [4.69, 9.17) is 0 Å². The van der Waals surface area contributed by atoms with Gasteiger partial charge in [0.2, 0.25) is 0 Å². The van der Waals surface area contributed by atoms with E-state index in [1.54, 1.807) is 0 Å². The normalized spacial score (nSPS) is 41.2. The number of fused-ring (bicyclic) bond motifs is 2. The number of hydrogen-bond acceptors (Lipinski definition) is 0. The smallest absolute Gasteiger partial charge is 0.0323 e. The summed E-state index contributed by atoms with van der Waals surface area (Å²) < 4.78 is 0. The minimum atomic E-state index is 0.562. The number of halogens is 1. The zero-order valence-corrected chi connectivity index (χ0v) is 10.2. The van der Waals surface area contributed by atoms with Gasteiger partial charge in [0.1, 0.15) is 0 Å². The predicted molar refractivity (Wildman–Crippen MR) is 61.1 cm³/mol. The van der Waals surface area contributed by atoms with Crippen molar-refractivity contribution in [3.05, 3.63) is 11.6 Å². The summed E-state index contributed by atoms with van der Waals surface area (Å²) in [5.74, 6) is 3.02. The van der Waals surface area contributed by atoms with Crippen molar-refractivity contribution in [2.75, 3.05) is 0 Å². The van der Waals surface area contributed by atoms with E-state index in [0.29, 0.717) is 4.83 Å². The predicted octanol–water partition coefficient (Wildman–Crippen LogP) is 4.15. The van der Waals surface area contributed by atoms with Gasteiger partial charge in [-0.2, -0.15) is 0 Å². The Bertz CT molecular complexity index is 217. The van der Waals surface area contributed by atoms with E-state index in [-0.39, 0.29) is 0 Å². The van der Waals surface area contributed by atoms with Crippen LogP contribution < -0.4 is 0 Å². The molecule has 0 amide bonds. The Labute approximate surface area is 89.9 Å². The molecular weight excluding hydrogens is 224 g/mol. The van der Waals surface area contributed by atoms with Crippen LogP contribution >= 0.6 is 15.9 Å². The van der Waals surface area contributed by atoms with Gasteiger partial charge < -0.3 is 0 Å². The Morgan fingerprint density at radius 2 is 2.15 bits per heavy atom. The van der Waals surface area contributed by atoms with Crippen LogP contribution in [0.1, 0.15) is 39.5 Å². The first-order valence-corrected chi connectivity index (χ1v) is 6.40. The van der Waals surface area contributed by atoms with Crippen LogP contribution in [0.3, 0.4) is 0 Å². The van der Waals surface area contributed by atoms with Crippen molar-refractivity contribution in [1.29, 1.82) is 0 Å². The molecule has 74 valence electrons. The minimum Gasteiger partial charge on any atom is -0.0846 e. The molecule has 0 spiro atoms. The first-order valence-electron chi connectivity index (χ1n) is 5.49. The molecule has 1 heteroatoms. The van der Waals surface area contributed by atoms with Crippen molar-refractivity contribution < 1.29 is 0 Å². The molecular formula is C12H19Br. The lowest BCUT2D eigenvalue weighted by molar-refractivity contribution is 0.393. The van der Waals surface area contributed by atoms with Crippen LogP contribution in [0.4, 0.5) is 0 Å². The second-order valence-corrected chi connectivity index (χ2v) is 6.24. The SMILES string of the molecule is C/C(=C\C1CC2CCC1C2)C(C)Br. The second-order valence-electron chi connectivity index (χ2n) is 4.87. The summed E-state index contributed by atoms with van der Waals surface area (Å²) in [7, 11) is 0. The molecule has 0 aromatic heterocycles. The largest absolute Gasteiger partial charge is 0.0846 e. The Kier molecular flexibility index (Phi) is 2.83. The molecule has 2 saturated carbocycles. The van der Waals surface area contributed by atoms with Gasteiger partial charge in [0.15, 0.2) is 0 Å². The van der Waals surface area contributed by atoms with Gasteiger partial charge in [-0.1, -0.05) is 34.0 Å². The molecule has 0 heterocycles. The van der Waals surface area contributed by atoms with E-state index in [0.717, 1.165) is 17.8 Å². The summed E-state index contributed by atoms with van der Waals surface area (Å²) >= 11 is 3.63. The average Bonchev–Trinajstić information content (AvgIpc) is 2.64. The van der Waals surface area contributed by atoms with Crippen LogP contribution in [-0.4, -0.2) is 4.83 Å². The van der Waals surface area contributed by atoms with Gasteiger partial charge in [-0.15, -0.1) is 0 Å². The lowest BCUT2D eigenvalue weighted by atomic mass is 9.87. The zero-order chi connectivity index (χ0) is 9.42. The standard InChI is InChI=1S/C12H19Br/c1-8(9(2)13)5-12-7-10-3-4-11(12)6-10/h5,9-12H,3-4,6-7H2,1-2H3/b8-5+. The first-order chi connectivity index (χ1) is 6.16. The molecule has 2 fully saturated rings. The maximum absolute atomic E-state index is 3.63. The van der Waals surface area contributed by atoms with Crippen molar-refractivity contribution in [2.45, 2.75) is 44.4 Å². The third kappa shape index (κ3) is 2.01. The van der Waals surface area contributed by atoms with Crippen molar-refractivity contribution in [3.63, 3.8) is 0 Å². The Morgan fingerprint density at radius 1 is 1.38 bits per heavy atom. The molecule has 0 aromatic rings. The van der Waals surface area contributed by atoms with Gasteiger partial charge in [0.05, 0.1) is 0 Å². The molecule has 4 unspecified atom stereocenters. The topological polar surface area (TPSA) is 0 Å². The molecule has 2 aliphatic rings. The van der Waals surface area contributed by atoms with Crippen LogP contribution in [0, 0.1) is 17.8 Å². The molecule has 0 aliphatic heterocycles. The molecule has 13 heavy (non-hydrogen) atoms. The Morgan fingerprint density at radius 3 is 2.62 bits per heavy atom. The van der Waals surface area contributed by atoms with Crippen molar-refractivity contribution >= 4 is 15.9 Å². The second kappa shape index (κ2) is 3.76. The highest BCUT2D eigenvalue weighted by Crippen LogP contribution is 2.49. The van der Waals surface area contributed by atoms with Gasteiger partial charge in [0, 0.05) is 4.83 Å². The third-order valence-electron chi connectivity index (χ3n) is 3.90. The monoisotopic (exact) mass is 242 g/mol. The quantitative estimate of drug-likeness (QED) is 0.504. The number of hydrogen-bond donors (Lipinski definition) is 0. The van der Waals surface area contributed by atoms with E-state index in [1.165, 1.54) is 31.3 Å². The van der Waals surface area contributed by atoms with E-state index in [1.807, 2.05) is 0 Å². The number of allylic oxidation sites excluding steroid dienone is 2. The third-order valence-corrected chi connectivity index (χ3v) is 4.62. The van der Waals surface area contributed by atoms with E-state index < -0.39 is 0 Å². The molecule has 2 rings (SSSR count). The highest BCUT2D eigenvalue weighted by molar-refractivity contribution is 9.09. The highest BCUT2D eigenvalue weighted by atomic mass is 79.9. The lowest BCUT2D eigenvalue weighted by Gasteiger charge is -2.19. The summed E-state index contributed by atoms with van der Waals surface area (Å²) in [4.78, 5) is 0.562. The lowest BCUT2D eigenvalue weighted by Crippen LogP contribution is -2.09. The fourth-order valence-corrected chi connectivity index (χ4v) is 3.12. The molecule has 0 aromatic carbocycles. The zero-order valence-electron chi connectivity index (χ0n) is 8.59. The minimum absolute atomic E-state index is 0.562. The van der Waals surface area contributed by atoms with Crippen LogP contribution in [0.2, 0.25) is 0 Å². The maximum atomic E-state index is 3.63. The molecule has 4 atom stereocenters. The Balaban J connectivity index is 1.99. The van der Waals surface area contributed by atoms with Gasteiger partial charge in [-0.3, -0.25) is 0 Å². The van der Waals surface area contributed by atoms with E-state index in [9.17, 15) is 0 Å². The average molecular weight is 243 g/mol. The number of rotatable bonds is 2. The number of alkyl halides is 1. The van der Waals surface area contributed by atoms with Crippen molar-refractivity contribution in [1.82, 2.24) is 0 Å². The summed E-state index contributed by atoms with van der Waals surface area (Å²) in [5.41, 5.74) is 1.53. The van der Waals surface area contributed by atoms with E-state index >= 15 is 0 Å². The van der Waals surface area contributed by atoms with Crippen LogP contribution in [0.5, 0.6) is 0 Å². The summed E-state index contributed by atoms with van der Waals surface area (Å²) in [6, 6.07) is 0. The van der Waals surface area contributed by atoms with Crippen molar-refractivity contribution in [2.24, 2.45) is 17.8 Å². The summed E-state index contributed by atoms with van der Waals surface area (Å²) in [5, 5.41) is 0. The molecule has 2 aliphatic carbocycles.